The van der Waals surface area contributed by atoms with Crippen LogP contribution in [0.15, 0.2) is 6.33 Å². The average molecular weight is 356 g/mol. The lowest BCUT2D eigenvalue weighted by Gasteiger charge is -2.28. The summed E-state index contributed by atoms with van der Waals surface area (Å²) in [5, 5.41) is 3.26. The second-order valence-corrected chi connectivity index (χ2v) is 7.69. The summed E-state index contributed by atoms with van der Waals surface area (Å²) in [4.78, 5) is 20.0. The van der Waals surface area contributed by atoms with Gasteiger partial charge in [0.15, 0.2) is 0 Å². The number of alkyl carbamates (subject to hydrolysis) is 1. The zero-order valence-electron chi connectivity index (χ0n) is 15.0. The van der Waals surface area contributed by atoms with Crippen LogP contribution in [-0.4, -0.2) is 34.3 Å². The van der Waals surface area contributed by atoms with Gasteiger partial charge >= 0.3 is 6.09 Å². The molecule has 1 atom stereocenters. The molecule has 1 aliphatic rings. The van der Waals surface area contributed by atoms with Gasteiger partial charge in [0, 0.05) is 17.5 Å². The van der Waals surface area contributed by atoms with Crippen molar-refractivity contribution in [3.63, 3.8) is 0 Å². The minimum Gasteiger partial charge on any atom is -0.473 e. The van der Waals surface area contributed by atoms with Gasteiger partial charge in [-0.2, -0.15) is 0 Å². The third kappa shape index (κ3) is 4.72. The largest absolute Gasteiger partial charge is 0.473 e. The highest BCUT2D eigenvalue weighted by atomic mass is 35.5. The summed E-state index contributed by atoms with van der Waals surface area (Å²) in [5.41, 5.74) is 0.153. The quantitative estimate of drug-likeness (QED) is 0.783. The van der Waals surface area contributed by atoms with E-state index in [1.165, 1.54) is 6.33 Å². The average Bonchev–Trinajstić information content (AvgIpc) is 3.26. The predicted octanol–water partition coefficient (Wildman–Crippen LogP) is 3.90. The molecular formula is C17H26ClN3O3. The van der Waals surface area contributed by atoms with Crippen molar-refractivity contribution in [2.24, 2.45) is 5.41 Å². The predicted molar refractivity (Wildman–Crippen MR) is 92.4 cm³/mol. The van der Waals surface area contributed by atoms with E-state index in [0.29, 0.717) is 17.6 Å². The highest BCUT2D eigenvalue weighted by molar-refractivity contribution is 6.30. The van der Waals surface area contributed by atoms with E-state index in [-0.39, 0.29) is 11.5 Å². The Balaban J connectivity index is 1.99. The lowest BCUT2D eigenvalue weighted by atomic mass is 9.96. The number of nitrogens with zero attached hydrogens (tertiary/aromatic N) is 2. The number of hydrogen-bond donors (Lipinski definition) is 1. The van der Waals surface area contributed by atoms with Gasteiger partial charge < -0.3 is 14.8 Å². The van der Waals surface area contributed by atoms with Gasteiger partial charge in [-0.15, -0.1) is 0 Å². The first kappa shape index (κ1) is 18.8. The van der Waals surface area contributed by atoms with Crippen molar-refractivity contribution >= 4 is 17.7 Å². The van der Waals surface area contributed by atoms with Gasteiger partial charge in [0.1, 0.15) is 23.2 Å². The van der Waals surface area contributed by atoms with Crippen molar-refractivity contribution < 1.29 is 14.3 Å². The molecule has 0 aliphatic heterocycles. The molecule has 1 unspecified atom stereocenters. The molecule has 0 aromatic carbocycles. The van der Waals surface area contributed by atoms with Crippen LogP contribution in [-0.2, 0) is 4.74 Å². The van der Waals surface area contributed by atoms with E-state index in [0.717, 1.165) is 24.8 Å². The molecule has 24 heavy (non-hydrogen) atoms. The fraction of sp³-hybridized carbons (Fsp3) is 0.706. The second kappa shape index (κ2) is 7.13. The van der Waals surface area contributed by atoms with Crippen LogP contribution >= 0.6 is 11.6 Å². The third-order valence-electron chi connectivity index (χ3n) is 4.16. The molecule has 7 heteroatoms. The van der Waals surface area contributed by atoms with E-state index in [2.05, 4.69) is 22.2 Å². The molecule has 1 aliphatic carbocycles. The van der Waals surface area contributed by atoms with Crippen LogP contribution in [0.2, 0.25) is 5.15 Å². The first-order valence-electron chi connectivity index (χ1n) is 8.27. The summed E-state index contributed by atoms with van der Waals surface area (Å²) in [6.07, 6.45) is 3.77. The van der Waals surface area contributed by atoms with Gasteiger partial charge in [0.25, 0.3) is 0 Å². The van der Waals surface area contributed by atoms with Gasteiger partial charge in [-0.05, 0) is 47.0 Å². The summed E-state index contributed by atoms with van der Waals surface area (Å²) < 4.78 is 11.4. The van der Waals surface area contributed by atoms with E-state index in [9.17, 15) is 4.79 Å². The van der Waals surface area contributed by atoms with E-state index in [1.807, 2.05) is 27.7 Å². The zero-order chi connectivity index (χ0) is 18.0. The summed E-state index contributed by atoms with van der Waals surface area (Å²) in [7, 11) is 0. The van der Waals surface area contributed by atoms with Crippen LogP contribution in [0.25, 0.3) is 0 Å². The number of amides is 1. The molecule has 0 radical (unpaired) electrons. The van der Waals surface area contributed by atoms with Gasteiger partial charge in [0.05, 0.1) is 0 Å². The minimum absolute atomic E-state index is 0.0443. The van der Waals surface area contributed by atoms with Crippen molar-refractivity contribution in [2.75, 3.05) is 6.54 Å². The maximum Gasteiger partial charge on any atom is 0.407 e. The lowest BCUT2D eigenvalue weighted by Crippen LogP contribution is -2.41. The molecule has 0 bridgehead atoms. The maximum absolute atomic E-state index is 11.9. The number of rotatable bonds is 6. The monoisotopic (exact) mass is 355 g/mol. The summed E-state index contributed by atoms with van der Waals surface area (Å²) in [6, 6.07) is 0. The van der Waals surface area contributed by atoms with Gasteiger partial charge in [-0.3, -0.25) is 0 Å². The Morgan fingerprint density at radius 1 is 1.42 bits per heavy atom. The molecule has 1 fully saturated rings. The second-order valence-electron chi connectivity index (χ2n) is 7.33. The molecule has 1 heterocycles. The molecule has 1 N–H and O–H groups in total. The van der Waals surface area contributed by atoms with Crippen molar-refractivity contribution in [3.8, 4) is 5.88 Å². The van der Waals surface area contributed by atoms with Crippen LogP contribution in [0.1, 0.15) is 52.5 Å². The van der Waals surface area contributed by atoms with E-state index in [1.54, 1.807) is 0 Å². The first-order chi connectivity index (χ1) is 11.2. The molecule has 134 valence electrons. The Labute approximate surface area is 148 Å². The van der Waals surface area contributed by atoms with Crippen LogP contribution in [0.4, 0.5) is 4.79 Å². The number of halogens is 1. The topological polar surface area (TPSA) is 73.3 Å². The van der Waals surface area contributed by atoms with Gasteiger partial charge in [0.2, 0.25) is 5.88 Å². The fourth-order valence-electron chi connectivity index (χ4n) is 2.64. The molecule has 0 spiro atoms. The normalized spacial score (nSPS) is 17.1. The van der Waals surface area contributed by atoms with Crippen molar-refractivity contribution in [2.45, 2.75) is 65.6 Å². The highest BCUT2D eigenvalue weighted by Gasteiger charge is 2.50. The first-order valence-corrected chi connectivity index (χ1v) is 8.65. The van der Waals surface area contributed by atoms with Gasteiger partial charge in [-0.25, -0.2) is 14.8 Å². The smallest absolute Gasteiger partial charge is 0.407 e. The minimum atomic E-state index is -0.504. The van der Waals surface area contributed by atoms with Crippen LogP contribution in [0.3, 0.4) is 0 Å². The highest BCUT2D eigenvalue weighted by Crippen LogP contribution is 2.50. The van der Waals surface area contributed by atoms with E-state index >= 15 is 0 Å². The van der Waals surface area contributed by atoms with Crippen LogP contribution in [0.5, 0.6) is 5.88 Å². The molecule has 6 nitrogen and oxygen atoms in total. The Bertz CT molecular complexity index is 597. The molecule has 1 aromatic rings. The number of carbonyl (C=O) groups is 1. The number of carbonyl (C=O) groups excluding carboxylic acids is 1. The zero-order valence-corrected chi connectivity index (χ0v) is 15.7. The van der Waals surface area contributed by atoms with Crippen LogP contribution < -0.4 is 10.1 Å². The standard InChI is InChI=1S/C17H26ClN3O3/c1-6-12(23-14-11(2)13(18)20-10-21-14)17(7-8-17)9-19-15(22)24-16(3,4)5/h10,12H,6-9H2,1-5H3,(H,19,22). The van der Waals surface area contributed by atoms with Crippen molar-refractivity contribution in [1.82, 2.24) is 15.3 Å². The molecular weight excluding hydrogens is 330 g/mol. The Kier molecular flexibility index (Phi) is 5.58. The number of nitrogens with one attached hydrogen (secondary N) is 1. The maximum atomic E-state index is 11.9. The lowest BCUT2D eigenvalue weighted by molar-refractivity contribution is 0.0477. The number of ether oxygens (including phenoxy) is 2. The molecule has 0 saturated heterocycles. The fourth-order valence-corrected chi connectivity index (χ4v) is 2.77. The van der Waals surface area contributed by atoms with Gasteiger partial charge in [-0.1, -0.05) is 18.5 Å². The SMILES string of the molecule is CCC(Oc1ncnc(Cl)c1C)C1(CNC(=O)OC(C)(C)C)CC1. The Hall–Kier alpha value is -1.56. The summed E-state index contributed by atoms with van der Waals surface area (Å²) >= 11 is 6.03. The number of aromatic nitrogens is 2. The van der Waals surface area contributed by atoms with Crippen molar-refractivity contribution in [3.05, 3.63) is 17.0 Å². The molecule has 1 aromatic heterocycles. The van der Waals surface area contributed by atoms with E-state index in [4.69, 9.17) is 21.1 Å². The van der Waals surface area contributed by atoms with E-state index < -0.39 is 11.7 Å². The molecule has 1 amide bonds. The Morgan fingerprint density at radius 2 is 2.08 bits per heavy atom. The van der Waals surface area contributed by atoms with Crippen LogP contribution in [0, 0.1) is 12.3 Å². The summed E-state index contributed by atoms with van der Waals surface area (Å²) in [6.45, 7) is 9.97. The van der Waals surface area contributed by atoms with Crippen molar-refractivity contribution in [1.29, 1.82) is 0 Å². The number of hydrogen-bond acceptors (Lipinski definition) is 5. The Morgan fingerprint density at radius 3 is 2.62 bits per heavy atom. The summed E-state index contributed by atoms with van der Waals surface area (Å²) in [5.74, 6) is 0.505. The molecule has 2 rings (SSSR count). The molecule has 1 saturated carbocycles. The third-order valence-corrected chi connectivity index (χ3v) is 4.54.